The lowest BCUT2D eigenvalue weighted by atomic mass is 9.70. The number of hydrogen-bond acceptors (Lipinski definition) is 2. The molecular formula is C21H29N3O. The number of benzene rings is 1. The van der Waals surface area contributed by atoms with Gasteiger partial charge in [0.15, 0.2) is 0 Å². The Bertz CT molecular complexity index is 722. The first kappa shape index (κ1) is 17.7. The molecule has 1 aliphatic rings. The van der Waals surface area contributed by atoms with Gasteiger partial charge in [-0.1, -0.05) is 32.9 Å². The zero-order valence-corrected chi connectivity index (χ0v) is 15.5. The number of aromatic nitrogens is 1. The van der Waals surface area contributed by atoms with Crippen LogP contribution < -0.4 is 10.6 Å². The molecule has 0 aliphatic heterocycles. The molecule has 0 atom stereocenters. The van der Waals surface area contributed by atoms with Gasteiger partial charge < -0.3 is 10.6 Å². The topological polar surface area (TPSA) is 54.0 Å². The maximum atomic E-state index is 12.3. The number of rotatable bonds is 3. The second kappa shape index (κ2) is 7.42. The first-order chi connectivity index (χ1) is 11.9. The average Bonchev–Trinajstić information content (AvgIpc) is 2.60. The van der Waals surface area contributed by atoms with E-state index in [1.54, 1.807) is 6.20 Å². The van der Waals surface area contributed by atoms with Gasteiger partial charge in [0, 0.05) is 29.7 Å². The van der Waals surface area contributed by atoms with Crippen LogP contribution in [0.2, 0.25) is 0 Å². The Hall–Kier alpha value is -2.10. The van der Waals surface area contributed by atoms with E-state index in [9.17, 15) is 4.79 Å². The van der Waals surface area contributed by atoms with Crippen molar-refractivity contribution in [1.82, 2.24) is 10.3 Å². The lowest BCUT2D eigenvalue weighted by Gasteiger charge is -2.37. The van der Waals surface area contributed by atoms with E-state index >= 15 is 0 Å². The second-order valence-electron chi connectivity index (χ2n) is 8.32. The molecule has 4 heteroatoms. The third-order valence-corrected chi connectivity index (χ3v) is 5.55. The zero-order valence-electron chi connectivity index (χ0n) is 15.5. The summed E-state index contributed by atoms with van der Waals surface area (Å²) < 4.78 is 0. The van der Waals surface area contributed by atoms with Crippen molar-refractivity contribution < 1.29 is 4.79 Å². The normalized spacial score (nSPS) is 21.1. The van der Waals surface area contributed by atoms with Crippen LogP contribution in [0.5, 0.6) is 0 Å². The van der Waals surface area contributed by atoms with E-state index in [2.05, 4.69) is 36.4 Å². The van der Waals surface area contributed by atoms with Gasteiger partial charge in [-0.3, -0.25) is 4.98 Å². The fourth-order valence-electron chi connectivity index (χ4n) is 3.87. The highest BCUT2D eigenvalue weighted by Gasteiger charge is 2.29. The van der Waals surface area contributed by atoms with E-state index in [1.807, 2.05) is 30.5 Å². The average molecular weight is 339 g/mol. The Labute approximate surface area is 150 Å². The van der Waals surface area contributed by atoms with Crippen LogP contribution in [-0.2, 0) is 0 Å². The highest BCUT2D eigenvalue weighted by atomic mass is 16.2. The molecule has 134 valence electrons. The Balaban J connectivity index is 1.50. The summed E-state index contributed by atoms with van der Waals surface area (Å²) in [5.74, 6) is 1.41. The summed E-state index contributed by atoms with van der Waals surface area (Å²) in [5, 5.41) is 8.07. The van der Waals surface area contributed by atoms with Gasteiger partial charge >= 0.3 is 6.03 Å². The van der Waals surface area contributed by atoms with Gasteiger partial charge in [-0.2, -0.15) is 0 Å². The van der Waals surface area contributed by atoms with Gasteiger partial charge in [-0.05, 0) is 55.1 Å². The van der Waals surface area contributed by atoms with Crippen LogP contribution in [0.1, 0.15) is 46.5 Å². The molecule has 25 heavy (non-hydrogen) atoms. The molecular weight excluding hydrogens is 310 g/mol. The third-order valence-electron chi connectivity index (χ3n) is 5.55. The van der Waals surface area contributed by atoms with Gasteiger partial charge in [-0.15, -0.1) is 0 Å². The number of pyridine rings is 1. The third kappa shape index (κ3) is 4.50. The summed E-state index contributed by atoms with van der Waals surface area (Å²) in [5.41, 5.74) is 1.23. The van der Waals surface area contributed by atoms with Gasteiger partial charge in [0.05, 0.1) is 5.69 Å². The summed E-state index contributed by atoms with van der Waals surface area (Å²) >= 11 is 0. The van der Waals surface area contributed by atoms with E-state index < -0.39 is 0 Å². The van der Waals surface area contributed by atoms with Crippen LogP contribution in [-0.4, -0.2) is 17.6 Å². The van der Waals surface area contributed by atoms with Crippen molar-refractivity contribution in [2.24, 2.45) is 17.3 Å². The molecule has 0 radical (unpaired) electrons. The molecule has 2 amide bonds. The number of nitrogens with zero attached hydrogens (tertiary/aromatic N) is 1. The minimum Gasteiger partial charge on any atom is -0.338 e. The van der Waals surface area contributed by atoms with Crippen LogP contribution >= 0.6 is 0 Å². The van der Waals surface area contributed by atoms with Crippen molar-refractivity contribution in [1.29, 1.82) is 0 Å². The summed E-state index contributed by atoms with van der Waals surface area (Å²) in [6, 6.07) is 7.67. The molecule has 0 bridgehead atoms. The van der Waals surface area contributed by atoms with E-state index in [1.165, 1.54) is 25.7 Å². The fourth-order valence-corrected chi connectivity index (χ4v) is 3.87. The smallest absolute Gasteiger partial charge is 0.319 e. The minimum absolute atomic E-state index is 0.123. The molecule has 0 spiro atoms. The summed E-state index contributed by atoms with van der Waals surface area (Å²) in [4.78, 5) is 16.4. The largest absolute Gasteiger partial charge is 0.338 e. The predicted molar refractivity (Wildman–Crippen MR) is 104 cm³/mol. The molecule has 0 unspecified atom stereocenters. The van der Waals surface area contributed by atoms with Crippen LogP contribution in [0, 0.1) is 17.3 Å². The first-order valence-electron chi connectivity index (χ1n) is 9.31. The number of urea groups is 1. The molecule has 1 aromatic heterocycles. The number of nitrogens with one attached hydrogen (secondary N) is 2. The standard InChI is InChI=1S/C21H29N3O/c1-21(2,3)17-9-7-15(8-10-17)13-23-20(25)24-19-6-4-5-16-14-22-12-11-18(16)19/h4-6,11-12,14-15,17H,7-10,13H2,1-3H3,(H2,23,24,25). The summed E-state index contributed by atoms with van der Waals surface area (Å²) in [6.45, 7) is 7.77. The number of fused-ring (bicyclic) bond motifs is 1. The van der Waals surface area contributed by atoms with Crippen molar-refractivity contribution in [3.05, 3.63) is 36.7 Å². The van der Waals surface area contributed by atoms with E-state index in [-0.39, 0.29) is 6.03 Å². The van der Waals surface area contributed by atoms with Crippen LogP contribution in [0.4, 0.5) is 10.5 Å². The lowest BCUT2D eigenvalue weighted by Crippen LogP contribution is -2.35. The van der Waals surface area contributed by atoms with Crippen molar-refractivity contribution in [2.45, 2.75) is 46.5 Å². The molecule has 2 N–H and O–H groups in total. The van der Waals surface area contributed by atoms with Crippen molar-refractivity contribution in [3.8, 4) is 0 Å². The highest BCUT2D eigenvalue weighted by Crippen LogP contribution is 2.39. The molecule has 1 heterocycles. The van der Waals surface area contributed by atoms with Crippen molar-refractivity contribution in [2.75, 3.05) is 11.9 Å². The van der Waals surface area contributed by atoms with Crippen molar-refractivity contribution in [3.63, 3.8) is 0 Å². The molecule has 2 aromatic rings. The van der Waals surface area contributed by atoms with Gasteiger partial charge in [0.1, 0.15) is 0 Å². The quantitative estimate of drug-likeness (QED) is 0.806. The second-order valence-corrected chi connectivity index (χ2v) is 8.32. The molecule has 1 saturated carbocycles. The van der Waals surface area contributed by atoms with Crippen LogP contribution in [0.15, 0.2) is 36.7 Å². The number of carbonyl (C=O) groups is 1. The Morgan fingerprint density at radius 1 is 1.16 bits per heavy atom. The number of carbonyl (C=O) groups excluding carboxylic acids is 1. The fraction of sp³-hybridized carbons (Fsp3) is 0.524. The number of amides is 2. The summed E-state index contributed by atoms with van der Waals surface area (Å²) in [6.07, 6.45) is 8.52. The molecule has 1 aromatic carbocycles. The zero-order chi connectivity index (χ0) is 17.9. The highest BCUT2D eigenvalue weighted by molar-refractivity contribution is 6.01. The Kier molecular flexibility index (Phi) is 5.26. The summed E-state index contributed by atoms with van der Waals surface area (Å²) in [7, 11) is 0. The lowest BCUT2D eigenvalue weighted by molar-refractivity contribution is 0.149. The first-order valence-corrected chi connectivity index (χ1v) is 9.31. The number of hydrogen-bond donors (Lipinski definition) is 2. The maximum absolute atomic E-state index is 12.3. The van der Waals surface area contributed by atoms with Crippen LogP contribution in [0.25, 0.3) is 10.8 Å². The molecule has 1 aliphatic carbocycles. The van der Waals surface area contributed by atoms with Crippen molar-refractivity contribution >= 4 is 22.5 Å². The molecule has 1 fully saturated rings. The molecule has 3 rings (SSSR count). The van der Waals surface area contributed by atoms with E-state index in [0.29, 0.717) is 11.3 Å². The van der Waals surface area contributed by atoms with Gasteiger partial charge in [0.25, 0.3) is 0 Å². The minimum atomic E-state index is -0.123. The molecule has 4 nitrogen and oxygen atoms in total. The van der Waals surface area contributed by atoms with Gasteiger partial charge in [-0.25, -0.2) is 4.79 Å². The van der Waals surface area contributed by atoms with E-state index in [0.717, 1.165) is 28.9 Å². The van der Waals surface area contributed by atoms with Crippen LogP contribution in [0.3, 0.4) is 0 Å². The maximum Gasteiger partial charge on any atom is 0.319 e. The predicted octanol–water partition coefficient (Wildman–Crippen LogP) is 5.21. The Morgan fingerprint density at radius 2 is 1.92 bits per heavy atom. The molecule has 0 saturated heterocycles. The SMILES string of the molecule is CC(C)(C)C1CCC(CNC(=O)Nc2cccc3cnccc23)CC1. The Morgan fingerprint density at radius 3 is 2.64 bits per heavy atom. The monoisotopic (exact) mass is 339 g/mol. The van der Waals surface area contributed by atoms with E-state index in [4.69, 9.17) is 0 Å². The van der Waals surface area contributed by atoms with Gasteiger partial charge in [0.2, 0.25) is 0 Å². The number of anilines is 1.